The van der Waals surface area contributed by atoms with Gasteiger partial charge in [0.1, 0.15) is 0 Å². The van der Waals surface area contributed by atoms with E-state index in [0.29, 0.717) is 5.41 Å². The van der Waals surface area contributed by atoms with Crippen molar-refractivity contribution in [2.75, 3.05) is 20.2 Å². The van der Waals surface area contributed by atoms with Crippen molar-refractivity contribution >= 4 is 5.97 Å². The fraction of sp³-hybridized carbons (Fsp3) is 0.909. The van der Waals surface area contributed by atoms with Gasteiger partial charge in [-0.15, -0.1) is 0 Å². The van der Waals surface area contributed by atoms with Gasteiger partial charge in [-0.2, -0.15) is 0 Å². The summed E-state index contributed by atoms with van der Waals surface area (Å²) in [5, 5.41) is 3.38. The molecule has 0 bridgehead atoms. The maximum atomic E-state index is 11.4. The Kier molecular flexibility index (Phi) is 2.77. The molecule has 1 saturated carbocycles. The summed E-state index contributed by atoms with van der Waals surface area (Å²) in [6.07, 6.45) is 5.78. The summed E-state index contributed by atoms with van der Waals surface area (Å²) >= 11 is 0. The molecule has 1 spiro atoms. The Morgan fingerprint density at radius 2 is 2.07 bits per heavy atom. The number of carbonyl (C=O) groups is 1. The topological polar surface area (TPSA) is 38.3 Å². The Morgan fingerprint density at radius 1 is 1.36 bits per heavy atom. The zero-order valence-corrected chi connectivity index (χ0v) is 8.84. The highest BCUT2D eigenvalue weighted by Gasteiger charge is 2.42. The van der Waals surface area contributed by atoms with Gasteiger partial charge >= 0.3 is 5.97 Å². The maximum absolute atomic E-state index is 11.4. The molecule has 1 heterocycles. The van der Waals surface area contributed by atoms with E-state index in [9.17, 15) is 4.79 Å². The lowest BCUT2D eigenvalue weighted by atomic mass is 9.77. The molecule has 0 amide bonds. The van der Waals surface area contributed by atoms with Gasteiger partial charge in [0, 0.05) is 0 Å². The standard InChI is InChI=1S/C11H19NO2/c1-14-10(13)9-2-3-11(8-9)4-6-12-7-5-11/h9,12H,2-8H2,1H3. The first-order chi connectivity index (χ1) is 6.76. The first-order valence-electron chi connectivity index (χ1n) is 5.54. The number of carbonyl (C=O) groups excluding carboxylic acids is 1. The van der Waals surface area contributed by atoms with Crippen molar-refractivity contribution in [1.29, 1.82) is 0 Å². The van der Waals surface area contributed by atoms with Crippen LogP contribution in [0.3, 0.4) is 0 Å². The zero-order valence-electron chi connectivity index (χ0n) is 8.84. The van der Waals surface area contributed by atoms with E-state index in [0.717, 1.165) is 25.9 Å². The summed E-state index contributed by atoms with van der Waals surface area (Å²) in [5.74, 6) is 0.179. The lowest BCUT2D eigenvalue weighted by Gasteiger charge is -2.33. The van der Waals surface area contributed by atoms with Crippen LogP contribution in [0, 0.1) is 11.3 Å². The lowest BCUT2D eigenvalue weighted by molar-refractivity contribution is -0.145. The number of hydrogen-bond acceptors (Lipinski definition) is 3. The van der Waals surface area contributed by atoms with E-state index in [-0.39, 0.29) is 11.9 Å². The molecule has 1 aliphatic heterocycles. The van der Waals surface area contributed by atoms with Crippen molar-refractivity contribution in [1.82, 2.24) is 5.32 Å². The van der Waals surface area contributed by atoms with E-state index in [1.165, 1.54) is 26.4 Å². The van der Waals surface area contributed by atoms with E-state index in [2.05, 4.69) is 5.32 Å². The van der Waals surface area contributed by atoms with Gasteiger partial charge in [0.2, 0.25) is 0 Å². The number of rotatable bonds is 1. The molecule has 2 fully saturated rings. The normalized spacial score (nSPS) is 30.5. The van der Waals surface area contributed by atoms with E-state index < -0.39 is 0 Å². The minimum atomic E-state index is 0.000377. The molecule has 1 unspecified atom stereocenters. The highest BCUT2D eigenvalue weighted by Crippen LogP contribution is 2.47. The molecule has 1 saturated heterocycles. The minimum Gasteiger partial charge on any atom is -0.469 e. The van der Waals surface area contributed by atoms with Crippen molar-refractivity contribution in [2.45, 2.75) is 32.1 Å². The number of hydrogen-bond donors (Lipinski definition) is 1. The molecule has 3 nitrogen and oxygen atoms in total. The second-order valence-electron chi connectivity index (χ2n) is 4.71. The van der Waals surface area contributed by atoms with Crippen LogP contribution in [-0.4, -0.2) is 26.2 Å². The molecule has 14 heavy (non-hydrogen) atoms. The van der Waals surface area contributed by atoms with Gasteiger partial charge in [0.05, 0.1) is 13.0 Å². The molecule has 0 radical (unpaired) electrons. The van der Waals surface area contributed by atoms with Crippen LogP contribution in [0.25, 0.3) is 0 Å². The highest BCUT2D eigenvalue weighted by atomic mass is 16.5. The van der Waals surface area contributed by atoms with Crippen molar-refractivity contribution < 1.29 is 9.53 Å². The lowest BCUT2D eigenvalue weighted by Crippen LogP contribution is -2.35. The molecule has 0 aromatic heterocycles. The second-order valence-corrected chi connectivity index (χ2v) is 4.71. The summed E-state index contributed by atoms with van der Waals surface area (Å²) in [4.78, 5) is 11.4. The number of methoxy groups -OCH3 is 1. The van der Waals surface area contributed by atoms with E-state index in [1.54, 1.807) is 0 Å². The van der Waals surface area contributed by atoms with Crippen molar-refractivity contribution in [2.24, 2.45) is 11.3 Å². The smallest absolute Gasteiger partial charge is 0.308 e. The van der Waals surface area contributed by atoms with Crippen LogP contribution in [0.4, 0.5) is 0 Å². The first kappa shape index (κ1) is 9.97. The number of piperidine rings is 1. The Bertz CT molecular complexity index is 221. The monoisotopic (exact) mass is 197 g/mol. The van der Waals surface area contributed by atoms with Crippen molar-refractivity contribution in [3.8, 4) is 0 Å². The molecule has 0 aromatic carbocycles. The number of esters is 1. The quantitative estimate of drug-likeness (QED) is 0.644. The van der Waals surface area contributed by atoms with Crippen LogP contribution < -0.4 is 5.32 Å². The van der Waals surface area contributed by atoms with Crippen LogP contribution in [0.2, 0.25) is 0 Å². The Hall–Kier alpha value is -0.570. The number of nitrogens with one attached hydrogen (secondary N) is 1. The molecule has 1 atom stereocenters. The predicted octanol–water partition coefficient (Wildman–Crippen LogP) is 1.33. The summed E-state index contributed by atoms with van der Waals surface area (Å²) in [7, 11) is 1.50. The average molecular weight is 197 g/mol. The molecule has 0 aromatic rings. The van der Waals surface area contributed by atoms with Gasteiger partial charge < -0.3 is 10.1 Å². The van der Waals surface area contributed by atoms with Crippen molar-refractivity contribution in [3.05, 3.63) is 0 Å². The average Bonchev–Trinajstić information content (AvgIpc) is 2.62. The molecule has 2 rings (SSSR count). The fourth-order valence-corrected chi connectivity index (χ4v) is 2.99. The summed E-state index contributed by atoms with van der Waals surface area (Å²) in [6.45, 7) is 2.24. The third-order valence-electron chi connectivity index (χ3n) is 3.90. The van der Waals surface area contributed by atoms with Crippen molar-refractivity contribution in [3.63, 3.8) is 0 Å². The van der Waals surface area contributed by atoms with E-state index >= 15 is 0 Å². The molecule has 3 heteroatoms. The molecule has 1 N–H and O–H groups in total. The number of ether oxygens (including phenoxy) is 1. The minimum absolute atomic E-state index is 0.000377. The SMILES string of the molecule is COC(=O)C1CCC2(CCNCC2)C1. The Balaban J connectivity index is 1.95. The first-order valence-corrected chi connectivity index (χ1v) is 5.54. The van der Waals surface area contributed by atoms with Crippen LogP contribution in [0.5, 0.6) is 0 Å². The molecule has 80 valence electrons. The fourth-order valence-electron chi connectivity index (χ4n) is 2.99. The van der Waals surface area contributed by atoms with Crippen LogP contribution in [-0.2, 0) is 9.53 Å². The largest absolute Gasteiger partial charge is 0.469 e. The van der Waals surface area contributed by atoms with Gasteiger partial charge in [0.15, 0.2) is 0 Å². The van der Waals surface area contributed by atoms with E-state index in [4.69, 9.17) is 4.74 Å². The summed E-state index contributed by atoms with van der Waals surface area (Å²) in [5.41, 5.74) is 0.462. The third-order valence-corrected chi connectivity index (χ3v) is 3.90. The zero-order chi connectivity index (χ0) is 10.0. The molecular formula is C11H19NO2. The summed E-state index contributed by atoms with van der Waals surface area (Å²) in [6, 6.07) is 0. The van der Waals surface area contributed by atoms with Gasteiger partial charge in [-0.25, -0.2) is 0 Å². The van der Waals surface area contributed by atoms with E-state index in [1.807, 2.05) is 0 Å². The van der Waals surface area contributed by atoms with Crippen LogP contribution in [0.1, 0.15) is 32.1 Å². The molecule has 1 aliphatic carbocycles. The highest BCUT2D eigenvalue weighted by molar-refractivity contribution is 5.72. The van der Waals surface area contributed by atoms with Crippen LogP contribution in [0.15, 0.2) is 0 Å². The van der Waals surface area contributed by atoms with Gasteiger partial charge in [0.25, 0.3) is 0 Å². The van der Waals surface area contributed by atoms with Crippen LogP contribution >= 0.6 is 0 Å². The third kappa shape index (κ3) is 1.78. The maximum Gasteiger partial charge on any atom is 0.308 e. The van der Waals surface area contributed by atoms with Gasteiger partial charge in [-0.3, -0.25) is 4.79 Å². The summed E-state index contributed by atoms with van der Waals surface area (Å²) < 4.78 is 4.81. The van der Waals surface area contributed by atoms with Gasteiger partial charge in [-0.05, 0) is 50.6 Å². The Labute approximate surface area is 85.2 Å². The molecular weight excluding hydrogens is 178 g/mol. The Morgan fingerprint density at radius 3 is 2.71 bits per heavy atom. The second kappa shape index (κ2) is 3.89. The predicted molar refractivity (Wildman–Crippen MR) is 53.9 cm³/mol. The molecule has 2 aliphatic rings. The van der Waals surface area contributed by atoms with Gasteiger partial charge in [-0.1, -0.05) is 0 Å².